The van der Waals surface area contributed by atoms with E-state index in [2.05, 4.69) is 85.8 Å². The Labute approximate surface area is 259 Å². The Morgan fingerprint density at radius 3 is 1.24 bits per heavy atom. The van der Waals surface area contributed by atoms with Gasteiger partial charge in [-0.1, -0.05) is 6.92 Å². The zero-order chi connectivity index (χ0) is 31.3. The van der Waals surface area contributed by atoms with Crippen molar-refractivity contribution in [2.24, 2.45) is 11.8 Å². The second-order valence-electron chi connectivity index (χ2n) is 12.9. The van der Waals surface area contributed by atoms with Gasteiger partial charge in [-0.05, 0) is 107 Å². The molecule has 10 heteroatoms. The summed E-state index contributed by atoms with van der Waals surface area (Å²) in [5.74, 6) is 1.44. The van der Waals surface area contributed by atoms with Gasteiger partial charge in [0.05, 0.1) is 39.6 Å². The summed E-state index contributed by atoms with van der Waals surface area (Å²) in [6.45, 7) is 21.2. The van der Waals surface area contributed by atoms with Crippen LogP contribution < -0.4 is 5.32 Å². The van der Waals surface area contributed by atoms with Crippen LogP contribution in [0.2, 0.25) is 0 Å². The minimum Gasteiger partial charge on any atom is -0.379 e. The predicted molar refractivity (Wildman–Crippen MR) is 174 cm³/mol. The molecule has 5 heterocycles. The van der Waals surface area contributed by atoms with Crippen LogP contribution in [0.25, 0.3) is 0 Å². The van der Waals surface area contributed by atoms with E-state index >= 15 is 0 Å². The lowest BCUT2D eigenvalue weighted by Gasteiger charge is -2.29. The number of likely N-dealkylation sites (tertiary alicyclic amines) is 2. The van der Waals surface area contributed by atoms with Crippen LogP contribution in [0.5, 0.6) is 0 Å². The van der Waals surface area contributed by atoms with Gasteiger partial charge in [-0.15, -0.1) is 0 Å². The summed E-state index contributed by atoms with van der Waals surface area (Å²) in [5.41, 5.74) is 0. The third-order valence-electron chi connectivity index (χ3n) is 8.98. The van der Waals surface area contributed by atoms with E-state index in [1.807, 2.05) is 0 Å². The lowest BCUT2D eigenvalue weighted by atomic mass is 9.96. The molecule has 5 aliphatic rings. The highest BCUT2D eigenvalue weighted by molar-refractivity contribution is 5.78. The monoisotopic (exact) mass is 601 g/mol. The Morgan fingerprint density at radius 2 is 0.952 bits per heavy atom. The van der Waals surface area contributed by atoms with Crippen LogP contribution in [0.1, 0.15) is 46.5 Å². The number of piperidine rings is 2. The van der Waals surface area contributed by atoms with Gasteiger partial charge >= 0.3 is 0 Å². The number of ether oxygens (including phenoxy) is 3. The van der Waals surface area contributed by atoms with Crippen LogP contribution >= 0.6 is 0 Å². The minimum absolute atomic E-state index is 0.207. The molecule has 0 spiro atoms. The summed E-state index contributed by atoms with van der Waals surface area (Å²) < 4.78 is 15.5. The lowest BCUT2D eigenvalue weighted by molar-refractivity contribution is -0.125. The zero-order valence-corrected chi connectivity index (χ0v) is 28.9. The van der Waals surface area contributed by atoms with Crippen molar-refractivity contribution in [3.63, 3.8) is 0 Å². The first-order valence-electron chi connectivity index (χ1n) is 16.4. The number of nitrogens with zero attached hydrogens (tertiary/aromatic N) is 5. The summed E-state index contributed by atoms with van der Waals surface area (Å²) in [5, 5.41) is 2.69. The fourth-order valence-corrected chi connectivity index (χ4v) is 4.89. The van der Waals surface area contributed by atoms with Crippen molar-refractivity contribution in [3.8, 4) is 0 Å². The highest BCUT2D eigenvalue weighted by atomic mass is 16.5. The van der Waals surface area contributed by atoms with E-state index in [1.54, 1.807) is 7.05 Å². The number of amides is 1. The average molecular weight is 601 g/mol. The van der Waals surface area contributed by atoms with Crippen LogP contribution in [0.3, 0.4) is 0 Å². The molecule has 5 saturated heterocycles. The molecular formula is C32H68N6O4. The largest absolute Gasteiger partial charge is 0.379 e. The maximum absolute atomic E-state index is 11.1. The van der Waals surface area contributed by atoms with Crippen molar-refractivity contribution in [2.75, 3.05) is 134 Å². The standard InChI is InChI=1S/C8H16N2O.C7H15N.2C6H13NO.C5H11NO/c1-9-8(11)7-3-5-10(2)6-4-7;1-7-3-5-8(2)6-4-7;2*1-6-5-8-4-3-7(6)2;1-6-2-4-7-5-3-6/h7H,3-6H2,1-2H3,(H,9,11);7H,3-6H2,1-2H3;2*6H,3-5H2,1-2H3;2-5H2,1H3/t;;2*6-;/m..10./s1. The van der Waals surface area contributed by atoms with E-state index in [0.717, 1.165) is 97.7 Å². The van der Waals surface area contributed by atoms with Crippen molar-refractivity contribution >= 4 is 5.91 Å². The van der Waals surface area contributed by atoms with Crippen LogP contribution in [-0.2, 0) is 19.0 Å². The molecule has 42 heavy (non-hydrogen) atoms. The summed E-state index contributed by atoms with van der Waals surface area (Å²) in [6.07, 6.45) is 4.82. The van der Waals surface area contributed by atoms with E-state index in [-0.39, 0.29) is 11.8 Å². The topological polar surface area (TPSA) is 73.0 Å². The SMILES string of the molecule is CC1CCN(C)CC1.CN1CCOCC1.CNC(=O)C1CCN(C)CC1.C[C@@H]1COCCN1C.C[C@H]1COCCN1C. The van der Waals surface area contributed by atoms with Gasteiger partial charge < -0.3 is 34.2 Å². The van der Waals surface area contributed by atoms with Gasteiger partial charge in [0, 0.05) is 51.2 Å². The predicted octanol–water partition coefficient (Wildman–Crippen LogP) is 2.04. The number of carbonyl (C=O) groups is 1. The second-order valence-corrected chi connectivity index (χ2v) is 12.9. The van der Waals surface area contributed by atoms with Gasteiger partial charge in [0.25, 0.3) is 0 Å². The van der Waals surface area contributed by atoms with Crippen molar-refractivity contribution in [1.29, 1.82) is 0 Å². The first-order valence-corrected chi connectivity index (χ1v) is 16.4. The van der Waals surface area contributed by atoms with Gasteiger partial charge in [0.15, 0.2) is 0 Å². The highest BCUT2D eigenvalue weighted by Gasteiger charge is 2.21. The van der Waals surface area contributed by atoms with Gasteiger partial charge in [0.2, 0.25) is 5.91 Å². The molecule has 250 valence electrons. The molecule has 1 amide bonds. The van der Waals surface area contributed by atoms with Crippen LogP contribution in [-0.4, -0.2) is 177 Å². The van der Waals surface area contributed by atoms with E-state index in [1.165, 1.54) is 25.9 Å². The molecule has 0 bridgehead atoms. The fraction of sp³-hybridized carbons (Fsp3) is 0.969. The number of carbonyl (C=O) groups excluding carboxylic acids is 1. The Morgan fingerprint density at radius 1 is 0.571 bits per heavy atom. The molecule has 0 aromatic rings. The van der Waals surface area contributed by atoms with Crippen LogP contribution in [0.15, 0.2) is 0 Å². The molecule has 5 rings (SSSR count). The molecule has 0 aliphatic carbocycles. The van der Waals surface area contributed by atoms with E-state index < -0.39 is 0 Å². The quantitative estimate of drug-likeness (QED) is 0.487. The van der Waals surface area contributed by atoms with E-state index in [4.69, 9.17) is 14.2 Å². The van der Waals surface area contributed by atoms with Gasteiger partial charge in [0.1, 0.15) is 0 Å². The highest BCUT2D eigenvalue weighted by Crippen LogP contribution is 2.15. The fourth-order valence-electron chi connectivity index (χ4n) is 4.89. The smallest absolute Gasteiger partial charge is 0.222 e. The minimum atomic E-state index is 0.207. The summed E-state index contributed by atoms with van der Waals surface area (Å²) >= 11 is 0. The molecule has 5 fully saturated rings. The summed E-state index contributed by atoms with van der Waals surface area (Å²) in [6, 6.07) is 1.23. The normalized spacial score (nSPS) is 27.5. The molecule has 1 N–H and O–H groups in total. The molecule has 0 aromatic carbocycles. The average Bonchev–Trinajstić information content (AvgIpc) is 2.99. The molecule has 0 radical (unpaired) electrons. The van der Waals surface area contributed by atoms with Crippen molar-refractivity contribution in [2.45, 2.75) is 58.5 Å². The Balaban J connectivity index is 0.000000265. The van der Waals surface area contributed by atoms with Crippen LogP contribution in [0.4, 0.5) is 0 Å². The third kappa shape index (κ3) is 18.7. The molecule has 10 nitrogen and oxygen atoms in total. The van der Waals surface area contributed by atoms with Crippen molar-refractivity contribution in [1.82, 2.24) is 29.8 Å². The zero-order valence-electron chi connectivity index (χ0n) is 28.9. The Hall–Kier alpha value is -0.850. The molecular weight excluding hydrogens is 532 g/mol. The third-order valence-corrected chi connectivity index (χ3v) is 8.98. The first kappa shape index (κ1) is 39.2. The number of hydrogen-bond acceptors (Lipinski definition) is 9. The molecule has 2 atom stereocenters. The maximum atomic E-state index is 11.1. The second kappa shape index (κ2) is 23.5. The number of nitrogens with one attached hydrogen (secondary N) is 1. The molecule has 0 aromatic heterocycles. The van der Waals surface area contributed by atoms with Gasteiger partial charge in [-0.25, -0.2) is 0 Å². The van der Waals surface area contributed by atoms with Gasteiger partial charge in [-0.3, -0.25) is 14.6 Å². The maximum Gasteiger partial charge on any atom is 0.222 e. The molecule has 0 unspecified atom stereocenters. The number of hydrogen-bond donors (Lipinski definition) is 1. The Bertz CT molecular complexity index is 603. The lowest BCUT2D eigenvalue weighted by Crippen LogP contribution is -2.40. The number of rotatable bonds is 1. The number of morpholine rings is 3. The van der Waals surface area contributed by atoms with E-state index in [9.17, 15) is 4.79 Å². The summed E-state index contributed by atoms with van der Waals surface area (Å²) in [7, 11) is 12.4. The van der Waals surface area contributed by atoms with E-state index in [0.29, 0.717) is 12.1 Å². The number of likely N-dealkylation sites (N-methyl/N-ethyl adjacent to an activating group) is 3. The summed E-state index contributed by atoms with van der Waals surface area (Å²) in [4.78, 5) is 22.7. The van der Waals surface area contributed by atoms with Crippen molar-refractivity contribution < 1.29 is 19.0 Å². The first-order chi connectivity index (χ1) is 20.0. The molecule has 5 aliphatic heterocycles. The van der Waals surface area contributed by atoms with Crippen molar-refractivity contribution in [3.05, 3.63) is 0 Å². The molecule has 0 saturated carbocycles. The van der Waals surface area contributed by atoms with Gasteiger partial charge in [-0.2, -0.15) is 0 Å². The Kier molecular flexibility index (Phi) is 21.9. The van der Waals surface area contributed by atoms with Crippen LogP contribution in [0, 0.1) is 11.8 Å².